The molecule has 0 aromatic heterocycles. The summed E-state index contributed by atoms with van der Waals surface area (Å²) in [6.07, 6.45) is 3.49. The Morgan fingerprint density at radius 3 is 2.41 bits per heavy atom. The number of aryl methyl sites for hydroxylation is 1. The maximum Gasteiger partial charge on any atom is 0.264 e. The van der Waals surface area contributed by atoms with Crippen molar-refractivity contribution in [1.82, 2.24) is 0 Å². The molecule has 0 unspecified atom stereocenters. The number of ether oxygens (including phenoxy) is 2. The minimum Gasteiger partial charge on any atom is -0.493 e. The van der Waals surface area contributed by atoms with E-state index in [0.717, 1.165) is 38.0 Å². The monoisotopic (exact) mass is 485 g/mol. The molecule has 34 heavy (non-hydrogen) atoms. The summed E-state index contributed by atoms with van der Waals surface area (Å²) >= 11 is 0. The quantitative estimate of drug-likeness (QED) is 0.498. The third-order valence-corrected chi connectivity index (χ3v) is 8.54. The molecular formula is C27H35NO5S. The van der Waals surface area contributed by atoms with E-state index in [1.807, 2.05) is 38.1 Å². The molecule has 1 fully saturated rings. The number of carbonyl (C=O) groups is 1. The number of benzene rings is 2. The van der Waals surface area contributed by atoms with Gasteiger partial charge in [-0.15, -0.1) is 0 Å². The van der Waals surface area contributed by atoms with Gasteiger partial charge in [-0.1, -0.05) is 32.9 Å². The summed E-state index contributed by atoms with van der Waals surface area (Å²) in [5.41, 5.74) is 2.83. The fraction of sp³-hybridized carbons (Fsp3) is 0.519. The Bertz CT molecular complexity index is 1120. The van der Waals surface area contributed by atoms with Gasteiger partial charge >= 0.3 is 0 Å². The largest absolute Gasteiger partial charge is 0.493 e. The van der Waals surface area contributed by atoms with Crippen LogP contribution in [0.1, 0.15) is 61.5 Å². The van der Waals surface area contributed by atoms with Crippen molar-refractivity contribution in [3.63, 3.8) is 0 Å². The fourth-order valence-electron chi connectivity index (χ4n) is 4.70. The molecule has 2 aromatic rings. The smallest absolute Gasteiger partial charge is 0.264 e. The third-order valence-electron chi connectivity index (χ3n) is 6.66. The number of nitrogens with zero attached hydrogens (tertiary/aromatic N) is 1. The van der Waals surface area contributed by atoms with Gasteiger partial charge in [0, 0.05) is 26.2 Å². The van der Waals surface area contributed by atoms with Crippen LogP contribution in [-0.2, 0) is 27.6 Å². The van der Waals surface area contributed by atoms with Gasteiger partial charge in [-0.3, -0.25) is 9.10 Å². The van der Waals surface area contributed by atoms with E-state index >= 15 is 0 Å². The van der Waals surface area contributed by atoms with Gasteiger partial charge in [-0.05, 0) is 72.9 Å². The Labute approximate surface area is 203 Å². The lowest BCUT2D eigenvalue weighted by Gasteiger charge is -2.28. The standard InChI is InChI=1S/C27H35NO5S/c1-4-20-5-7-22(8-6-20)28(17-19(2)3)34(30,31)26-12-11-25(27-23(26)9-10-24(27)29)33-18-21-13-15-32-16-14-21/h5-8,11-12,19,21H,4,9-10,13-18H2,1-3H3. The predicted octanol–water partition coefficient (Wildman–Crippen LogP) is 5.03. The summed E-state index contributed by atoms with van der Waals surface area (Å²) in [4.78, 5) is 13.0. The normalized spacial score (nSPS) is 16.6. The van der Waals surface area contributed by atoms with Crippen molar-refractivity contribution in [2.45, 2.75) is 57.8 Å². The zero-order chi connectivity index (χ0) is 24.3. The van der Waals surface area contributed by atoms with Crippen LogP contribution in [0.2, 0.25) is 0 Å². The van der Waals surface area contributed by atoms with Crippen LogP contribution in [0.15, 0.2) is 41.3 Å². The molecule has 0 amide bonds. The lowest BCUT2D eigenvalue weighted by molar-refractivity contribution is 0.0495. The van der Waals surface area contributed by atoms with Crippen LogP contribution in [0.3, 0.4) is 0 Å². The Morgan fingerprint density at radius 2 is 1.76 bits per heavy atom. The van der Waals surface area contributed by atoms with Crippen molar-refractivity contribution in [3.05, 3.63) is 53.1 Å². The van der Waals surface area contributed by atoms with Crippen LogP contribution < -0.4 is 9.04 Å². The first-order valence-corrected chi connectivity index (χ1v) is 13.8. The van der Waals surface area contributed by atoms with Crippen molar-refractivity contribution >= 4 is 21.5 Å². The molecule has 0 bridgehead atoms. The van der Waals surface area contributed by atoms with Gasteiger partial charge in [-0.2, -0.15) is 0 Å². The third kappa shape index (κ3) is 5.15. The van der Waals surface area contributed by atoms with E-state index in [0.29, 0.717) is 54.5 Å². The van der Waals surface area contributed by atoms with Crippen LogP contribution in [0.5, 0.6) is 5.75 Å². The second kappa shape index (κ2) is 10.5. The lowest BCUT2D eigenvalue weighted by Crippen LogP contribution is -2.35. The molecule has 6 nitrogen and oxygen atoms in total. The Kier molecular flexibility index (Phi) is 7.63. The van der Waals surface area contributed by atoms with Gasteiger partial charge < -0.3 is 9.47 Å². The number of anilines is 1. The molecule has 1 aliphatic carbocycles. The zero-order valence-electron chi connectivity index (χ0n) is 20.4. The minimum atomic E-state index is -3.86. The van der Waals surface area contributed by atoms with E-state index in [1.165, 1.54) is 4.31 Å². The predicted molar refractivity (Wildman–Crippen MR) is 133 cm³/mol. The molecule has 0 N–H and O–H groups in total. The fourth-order valence-corrected chi connectivity index (χ4v) is 6.58. The summed E-state index contributed by atoms with van der Waals surface area (Å²) in [7, 11) is -3.86. The van der Waals surface area contributed by atoms with Gasteiger partial charge in [0.1, 0.15) is 5.75 Å². The highest BCUT2D eigenvalue weighted by Gasteiger charge is 2.35. The van der Waals surface area contributed by atoms with E-state index in [4.69, 9.17) is 9.47 Å². The van der Waals surface area contributed by atoms with Gasteiger partial charge in [-0.25, -0.2) is 8.42 Å². The van der Waals surface area contributed by atoms with Crippen molar-refractivity contribution in [1.29, 1.82) is 0 Å². The first-order chi connectivity index (χ1) is 16.3. The van der Waals surface area contributed by atoms with Crippen LogP contribution in [-0.4, -0.2) is 40.6 Å². The summed E-state index contributed by atoms with van der Waals surface area (Å²) < 4.78 is 40.9. The molecular weight excluding hydrogens is 450 g/mol. The minimum absolute atomic E-state index is 0.0447. The molecule has 1 heterocycles. The average molecular weight is 486 g/mol. The number of sulfonamides is 1. The SMILES string of the molecule is CCc1ccc(N(CC(C)C)S(=O)(=O)c2ccc(OCC3CCOCC3)c3c2CCC3=O)cc1. The molecule has 0 atom stereocenters. The van der Waals surface area contributed by atoms with Crippen molar-refractivity contribution in [3.8, 4) is 5.75 Å². The number of ketones is 1. The number of carbonyl (C=O) groups excluding carboxylic acids is 1. The van der Waals surface area contributed by atoms with Gasteiger partial charge in [0.15, 0.2) is 5.78 Å². The first kappa shape index (κ1) is 24.7. The number of hydrogen-bond acceptors (Lipinski definition) is 5. The molecule has 2 aliphatic rings. The molecule has 1 aliphatic heterocycles. The molecule has 0 saturated carbocycles. The number of hydrogen-bond donors (Lipinski definition) is 0. The lowest BCUT2D eigenvalue weighted by atomic mass is 10.0. The Hall–Kier alpha value is -2.38. The second-order valence-corrected chi connectivity index (χ2v) is 11.5. The molecule has 1 saturated heterocycles. The van der Waals surface area contributed by atoms with E-state index in [9.17, 15) is 13.2 Å². The van der Waals surface area contributed by atoms with Crippen LogP contribution in [0.25, 0.3) is 0 Å². The molecule has 4 rings (SSSR count). The van der Waals surface area contributed by atoms with Crippen LogP contribution >= 0.6 is 0 Å². The second-order valence-electron chi connectivity index (χ2n) is 9.66. The van der Waals surface area contributed by atoms with Crippen LogP contribution in [0, 0.1) is 11.8 Å². The summed E-state index contributed by atoms with van der Waals surface area (Å²) in [6, 6.07) is 11.0. The number of fused-ring (bicyclic) bond motifs is 1. The Morgan fingerprint density at radius 1 is 1.06 bits per heavy atom. The zero-order valence-corrected chi connectivity index (χ0v) is 21.2. The van der Waals surface area contributed by atoms with Crippen molar-refractivity contribution in [2.24, 2.45) is 11.8 Å². The maximum absolute atomic E-state index is 14.0. The van der Waals surface area contributed by atoms with E-state index in [2.05, 4.69) is 6.92 Å². The van der Waals surface area contributed by atoms with Crippen molar-refractivity contribution in [2.75, 3.05) is 30.7 Å². The molecule has 184 valence electrons. The first-order valence-electron chi connectivity index (χ1n) is 12.3. The highest BCUT2D eigenvalue weighted by atomic mass is 32.2. The summed E-state index contributed by atoms with van der Waals surface area (Å²) in [5.74, 6) is 0.983. The number of rotatable bonds is 9. The number of Topliss-reactive ketones (excluding diaryl/α,β-unsaturated/α-hetero) is 1. The van der Waals surface area contributed by atoms with E-state index in [1.54, 1.807) is 12.1 Å². The molecule has 0 spiro atoms. The van der Waals surface area contributed by atoms with E-state index < -0.39 is 10.0 Å². The van der Waals surface area contributed by atoms with Gasteiger partial charge in [0.05, 0.1) is 22.8 Å². The molecule has 0 radical (unpaired) electrons. The van der Waals surface area contributed by atoms with Gasteiger partial charge in [0.25, 0.3) is 10.0 Å². The summed E-state index contributed by atoms with van der Waals surface area (Å²) in [5, 5.41) is 0. The van der Waals surface area contributed by atoms with Gasteiger partial charge in [0.2, 0.25) is 0 Å². The highest BCUT2D eigenvalue weighted by molar-refractivity contribution is 7.92. The topological polar surface area (TPSA) is 72.9 Å². The molecule has 7 heteroatoms. The Balaban J connectivity index is 1.68. The average Bonchev–Trinajstić information content (AvgIpc) is 3.23. The maximum atomic E-state index is 14.0. The van der Waals surface area contributed by atoms with Crippen molar-refractivity contribution < 1.29 is 22.7 Å². The highest BCUT2D eigenvalue weighted by Crippen LogP contribution is 2.38. The molecule has 2 aromatic carbocycles. The van der Waals surface area contributed by atoms with E-state index in [-0.39, 0.29) is 16.6 Å². The van der Waals surface area contributed by atoms with Crippen LogP contribution in [0.4, 0.5) is 5.69 Å². The summed E-state index contributed by atoms with van der Waals surface area (Å²) in [6.45, 7) is 8.41.